The molecule has 0 saturated carbocycles. The first-order valence-corrected chi connectivity index (χ1v) is 8.05. The van der Waals surface area contributed by atoms with Crippen molar-refractivity contribution in [2.45, 2.75) is 38.5 Å². The van der Waals surface area contributed by atoms with Crippen LogP contribution in [0, 0.1) is 5.92 Å². The smallest absolute Gasteiger partial charge is 0.303 e. The Morgan fingerprint density at radius 3 is 2.70 bits per heavy atom. The van der Waals surface area contributed by atoms with Crippen LogP contribution in [0.4, 0.5) is 0 Å². The minimum absolute atomic E-state index is 0.218. The van der Waals surface area contributed by atoms with Crippen molar-refractivity contribution in [1.29, 1.82) is 0 Å². The van der Waals surface area contributed by atoms with E-state index in [9.17, 15) is 9.59 Å². The maximum atomic E-state index is 12.1. The minimum atomic E-state index is -0.731. The lowest BCUT2D eigenvalue weighted by Crippen LogP contribution is -2.38. The van der Waals surface area contributed by atoms with Crippen LogP contribution < -0.4 is 0 Å². The lowest BCUT2D eigenvalue weighted by Gasteiger charge is -2.31. The van der Waals surface area contributed by atoms with Gasteiger partial charge in [-0.15, -0.1) is 11.3 Å². The van der Waals surface area contributed by atoms with Gasteiger partial charge in [0.25, 0.3) is 0 Å². The standard InChI is InChI=1S/C15H21NO3S/c17-14(5-1-3-13-4-2-10-20-13)16-8-6-12(7-9-16)11-15(18)19/h2,4,10,12H,1,3,5-9,11H2,(H,18,19). The fourth-order valence-corrected chi connectivity index (χ4v) is 3.41. The summed E-state index contributed by atoms with van der Waals surface area (Å²) in [5, 5.41) is 10.8. The lowest BCUT2D eigenvalue weighted by molar-refractivity contribution is -0.138. The van der Waals surface area contributed by atoms with Crippen molar-refractivity contribution in [3.63, 3.8) is 0 Å². The Balaban J connectivity index is 1.65. The van der Waals surface area contributed by atoms with Gasteiger partial charge >= 0.3 is 5.97 Å². The summed E-state index contributed by atoms with van der Waals surface area (Å²) in [5.41, 5.74) is 0. The molecule has 4 nitrogen and oxygen atoms in total. The highest BCUT2D eigenvalue weighted by Gasteiger charge is 2.23. The van der Waals surface area contributed by atoms with E-state index < -0.39 is 5.97 Å². The van der Waals surface area contributed by atoms with Gasteiger partial charge in [-0.2, -0.15) is 0 Å². The maximum absolute atomic E-state index is 12.1. The Hall–Kier alpha value is -1.36. The normalized spacial score (nSPS) is 16.3. The monoisotopic (exact) mass is 295 g/mol. The van der Waals surface area contributed by atoms with Gasteiger partial charge in [0.15, 0.2) is 0 Å². The number of carboxylic acid groups (broad SMARTS) is 1. The molecule has 110 valence electrons. The third-order valence-corrected chi connectivity index (χ3v) is 4.76. The number of amides is 1. The SMILES string of the molecule is O=C(O)CC1CCN(C(=O)CCCc2cccs2)CC1. The number of aryl methyl sites for hydroxylation is 1. The minimum Gasteiger partial charge on any atom is -0.481 e. The molecule has 0 unspecified atom stereocenters. The van der Waals surface area contributed by atoms with Crippen LogP contribution in [0.2, 0.25) is 0 Å². The number of hydrogen-bond donors (Lipinski definition) is 1. The number of likely N-dealkylation sites (tertiary alicyclic amines) is 1. The molecule has 1 aromatic heterocycles. The van der Waals surface area contributed by atoms with Crippen LogP contribution in [0.3, 0.4) is 0 Å². The van der Waals surface area contributed by atoms with Gasteiger partial charge in [-0.05, 0) is 43.0 Å². The molecular weight excluding hydrogens is 274 g/mol. The van der Waals surface area contributed by atoms with Crippen LogP contribution in [0.5, 0.6) is 0 Å². The maximum Gasteiger partial charge on any atom is 0.303 e. The highest BCUT2D eigenvalue weighted by Crippen LogP contribution is 2.21. The van der Waals surface area contributed by atoms with Crippen LogP contribution in [-0.2, 0) is 16.0 Å². The van der Waals surface area contributed by atoms with E-state index in [4.69, 9.17) is 5.11 Å². The lowest BCUT2D eigenvalue weighted by atomic mass is 9.93. The first kappa shape index (κ1) is 15.0. The van der Waals surface area contributed by atoms with E-state index in [0.717, 1.165) is 38.8 Å². The molecule has 0 aliphatic carbocycles. The molecule has 1 aliphatic rings. The predicted octanol–water partition coefficient (Wildman–Crippen LogP) is 2.78. The summed E-state index contributed by atoms with van der Waals surface area (Å²) >= 11 is 1.74. The van der Waals surface area contributed by atoms with Gasteiger partial charge in [-0.25, -0.2) is 0 Å². The van der Waals surface area contributed by atoms with E-state index >= 15 is 0 Å². The van der Waals surface area contributed by atoms with Crippen LogP contribution in [0.25, 0.3) is 0 Å². The van der Waals surface area contributed by atoms with Crippen molar-refractivity contribution < 1.29 is 14.7 Å². The van der Waals surface area contributed by atoms with Gasteiger partial charge in [0.1, 0.15) is 0 Å². The summed E-state index contributed by atoms with van der Waals surface area (Å²) in [6.07, 6.45) is 4.35. The zero-order chi connectivity index (χ0) is 14.4. The van der Waals surface area contributed by atoms with Crippen molar-refractivity contribution in [3.05, 3.63) is 22.4 Å². The molecule has 0 bridgehead atoms. The predicted molar refractivity (Wildman–Crippen MR) is 78.8 cm³/mol. The number of thiophene rings is 1. The molecule has 1 saturated heterocycles. The van der Waals surface area contributed by atoms with Gasteiger partial charge < -0.3 is 10.0 Å². The Kier molecular flexibility index (Phi) is 5.59. The molecule has 20 heavy (non-hydrogen) atoms. The van der Waals surface area contributed by atoms with Crippen LogP contribution >= 0.6 is 11.3 Å². The Morgan fingerprint density at radius 1 is 1.35 bits per heavy atom. The number of nitrogens with zero attached hydrogens (tertiary/aromatic N) is 1. The molecule has 1 amide bonds. The first-order chi connectivity index (χ1) is 9.65. The molecule has 0 spiro atoms. The van der Waals surface area contributed by atoms with Gasteiger partial charge in [-0.1, -0.05) is 6.07 Å². The zero-order valence-corrected chi connectivity index (χ0v) is 12.4. The van der Waals surface area contributed by atoms with E-state index in [1.54, 1.807) is 11.3 Å². The molecule has 0 atom stereocenters. The quantitative estimate of drug-likeness (QED) is 0.878. The number of rotatable bonds is 6. The van der Waals surface area contributed by atoms with E-state index in [1.807, 2.05) is 11.0 Å². The number of aliphatic carboxylic acids is 1. The summed E-state index contributed by atoms with van der Waals surface area (Å²) in [4.78, 5) is 26.0. The van der Waals surface area contributed by atoms with E-state index in [1.165, 1.54) is 4.88 Å². The second-order valence-corrected chi connectivity index (χ2v) is 6.39. The van der Waals surface area contributed by atoms with Crippen molar-refractivity contribution in [2.24, 2.45) is 5.92 Å². The Bertz CT molecular complexity index is 436. The summed E-state index contributed by atoms with van der Waals surface area (Å²) in [5.74, 6) is -0.274. The third kappa shape index (κ3) is 4.63. The first-order valence-electron chi connectivity index (χ1n) is 7.17. The number of carboxylic acids is 1. The van der Waals surface area contributed by atoms with E-state index in [0.29, 0.717) is 6.42 Å². The summed E-state index contributed by atoms with van der Waals surface area (Å²) in [6.45, 7) is 1.44. The number of piperidine rings is 1. The molecule has 1 N–H and O–H groups in total. The molecule has 1 fully saturated rings. The van der Waals surface area contributed by atoms with Crippen molar-refractivity contribution in [2.75, 3.05) is 13.1 Å². The van der Waals surface area contributed by atoms with Gasteiger partial charge in [-0.3, -0.25) is 9.59 Å². The van der Waals surface area contributed by atoms with Gasteiger partial charge in [0.2, 0.25) is 5.91 Å². The topological polar surface area (TPSA) is 57.6 Å². The Labute approximate surface area is 123 Å². The fourth-order valence-electron chi connectivity index (χ4n) is 2.66. The van der Waals surface area contributed by atoms with Crippen molar-refractivity contribution in [1.82, 2.24) is 4.90 Å². The van der Waals surface area contributed by atoms with E-state index in [-0.39, 0.29) is 18.2 Å². The number of carbonyl (C=O) groups excluding carboxylic acids is 1. The van der Waals surface area contributed by atoms with Crippen molar-refractivity contribution >= 4 is 23.2 Å². The molecule has 0 radical (unpaired) electrons. The second kappa shape index (κ2) is 7.43. The highest BCUT2D eigenvalue weighted by atomic mass is 32.1. The summed E-state index contributed by atoms with van der Waals surface area (Å²) < 4.78 is 0. The summed E-state index contributed by atoms with van der Waals surface area (Å²) in [7, 11) is 0. The highest BCUT2D eigenvalue weighted by molar-refractivity contribution is 7.09. The van der Waals surface area contributed by atoms with Crippen LogP contribution in [0.15, 0.2) is 17.5 Å². The van der Waals surface area contributed by atoms with Crippen LogP contribution in [-0.4, -0.2) is 35.0 Å². The molecular formula is C15H21NO3S. The fraction of sp³-hybridized carbons (Fsp3) is 0.600. The Morgan fingerprint density at radius 2 is 2.10 bits per heavy atom. The average molecular weight is 295 g/mol. The molecule has 2 heterocycles. The third-order valence-electron chi connectivity index (χ3n) is 3.82. The molecule has 0 aromatic carbocycles. The molecule has 1 aliphatic heterocycles. The average Bonchev–Trinajstić information content (AvgIpc) is 2.92. The van der Waals surface area contributed by atoms with Crippen LogP contribution in [0.1, 0.15) is 37.0 Å². The zero-order valence-electron chi connectivity index (χ0n) is 11.6. The molecule has 5 heteroatoms. The molecule has 2 rings (SSSR count). The largest absolute Gasteiger partial charge is 0.481 e. The number of hydrogen-bond acceptors (Lipinski definition) is 3. The molecule has 1 aromatic rings. The van der Waals surface area contributed by atoms with Crippen molar-refractivity contribution in [3.8, 4) is 0 Å². The second-order valence-electron chi connectivity index (χ2n) is 5.35. The van der Waals surface area contributed by atoms with Gasteiger partial charge in [0, 0.05) is 30.8 Å². The van der Waals surface area contributed by atoms with Gasteiger partial charge in [0.05, 0.1) is 0 Å². The van der Waals surface area contributed by atoms with E-state index in [2.05, 4.69) is 11.4 Å². The summed E-state index contributed by atoms with van der Waals surface area (Å²) in [6, 6.07) is 4.14. The number of carbonyl (C=O) groups is 2.